The minimum atomic E-state index is -4.36. The van der Waals surface area contributed by atoms with Gasteiger partial charge >= 0.3 is 6.18 Å². The highest BCUT2D eigenvalue weighted by Crippen LogP contribution is 2.30. The molecule has 0 heterocycles. The summed E-state index contributed by atoms with van der Waals surface area (Å²) < 4.78 is 36.0. The van der Waals surface area contributed by atoms with E-state index in [1.165, 1.54) is 0 Å². The Morgan fingerprint density at radius 1 is 1.42 bits per heavy atom. The first-order valence-corrected chi connectivity index (χ1v) is 3.25. The summed E-state index contributed by atoms with van der Waals surface area (Å²) in [5.74, 6) is 0. The molecule has 0 saturated carbocycles. The smallest absolute Gasteiger partial charge is 0.384 e. The molecule has 12 heavy (non-hydrogen) atoms. The van der Waals surface area contributed by atoms with Crippen LogP contribution in [0, 0.1) is 0 Å². The molecule has 1 aliphatic rings. The molecule has 0 radical (unpaired) electrons. The average molecular weight is 176 g/mol. The normalized spacial score (nSPS) is 24.2. The van der Waals surface area contributed by atoms with E-state index in [-0.39, 0.29) is 5.57 Å². The third-order valence-electron chi connectivity index (χ3n) is 1.51. The van der Waals surface area contributed by atoms with E-state index in [9.17, 15) is 13.2 Å². The van der Waals surface area contributed by atoms with Gasteiger partial charge in [0.1, 0.15) is 0 Å². The largest absolute Gasteiger partial charge is 0.416 e. The van der Waals surface area contributed by atoms with Crippen LogP contribution in [-0.4, -0.2) is 17.4 Å². The van der Waals surface area contributed by atoms with Crippen molar-refractivity contribution in [2.45, 2.75) is 12.3 Å². The zero-order valence-electron chi connectivity index (χ0n) is 6.10. The van der Waals surface area contributed by atoms with Gasteiger partial charge in [0.25, 0.3) is 0 Å². The lowest BCUT2D eigenvalue weighted by Crippen LogP contribution is -2.16. The Labute approximate surface area is 67.5 Å². The first-order chi connectivity index (χ1) is 5.41. The average Bonchev–Trinajstić information content (AvgIpc) is 1.92. The van der Waals surface area contributed by atoms with Crippen molar-refractivity contribution in [2.24, 2.45) is 0 Å². The highest BCUT2D eigenvalue weighted by atomic mass is 19.4. The molecule has 0 spiro atoms. The monoisotopic (exact) mass is 176 g/mol. The van der Waals surface area contributed by atoms with Gasteiger partial charge in [-0.15, -0.1) is 0 Å². The Bertz CT molecular complexity index is 260. The van der Waals surface area contributed by atoms with Gasteiger partial charge in [0, 0.05) is 0 Å². The number of aliphatic hydroxyl groups is 1. The Hall–Kier alpha value is -1.03. The number of aliphatic hydroxyl groups excluding tert-OH is 1. The van der Waals surface area contributed by atoms with Crippen molar-refractivity contribution in [1.82, 2.24) is 0 Å². The van der Waals surface area contributed by atoms with Crippen molar-refractivity contribution >= 4 is 0 Å². The zero-order valence-corrected chi connectivity index (χ0v) is 6.10. The maximum Gasteiger partial charge on any atom is 0.416 e. The van der Waals surface area contributed by atoms with Crippen LogP contribution in [0.1, 0.15) is 0 Å². The van der Waals surface area contributed by atoms with Gasteiger partial charge in [0.2, 0.25) is 0 Å². The number of hydrogen-bond acceptors (Lipinski definition) is 1. The van der Waals surface area contributed by atoms with E-state index >= 15 is 0 Å². The highest BCUT2D eigenvalue weighted by Gasteiger charge is 2.33. The summed E-state index contributed by atoms with van der Waals surface area (Å²) in [6.07, 6.45) is -2.61. The number of rotatable bonds is 0. The fraction of sp³-hybridized carbons (Fsp3) is 0.250. The molecule has 1 unspecified atom stereocenters. The Balaban J connectivity index is 2.91. The van der Waals surface area contributed by atoms with Gasteiger partial charge in [-0.3, -0.25) is 0 Å². The van der Waals surface area contributed by atoms with Crippen molar-refractivity contribution in [3.63, 3.8) is 0 Å². The van der Waals surface area contributed by atoms with Gasteiger partial charge in [0.15, 0.2) is 0 Å². The molecule has 1 aliphatic carbocycles. The van der Waals surface area contributed by atoms with Gasteiger partial charge in [-0.25, -0.2) is 0 Å². The zero-order chi connectivity index (χ0) is 9.35. The molecule has 0 aromatic carbocycles. The molecular weight excluding hydrogens is 169 g/mol. The third kappa shape index (κ3) is 1.76. The second-order valence-corrected chi connectivity index (χ2v) is 2.48. The minimum Gasteiger partial charge on any atom is -0.384 e. The van der Waals surface area contributed by atoms with E-state index in [0.717, 1.165) is 18.2 Å². The van der Waals surface area contributed by atoms with Gasteiger partial charge in [-0.05, 0) is 11.6 Å². The van der Waals surface area contributed by atoms with Crippen LogP contribution in [0.15, 0.2) is 36.0 Å². The van der Waals surface area contributed by atoms with E-state index in [1.807, 2.05) is 0 Å². The SMILES string of the molecule is C=C1C=C(C(F)(F)F)C=CC1O. The van der Waals surface area contributed by atoms with Gasteiger partial charge < -0.3 is 5.11 Å². The summed E-state index contributed by atoms with van der Waals surface area (Å²) in [5.41, 5.74) is -0.720. The van der Waals surface area contributed by atoms with Crippen LogP contribution in [0.4, 0.5) is 13.2 Å². The Morgan fingerprint density at radius 3 is 2.42 bits per heavy atom. The molecule has 0 aromatic rings. The lowest BCUT2D eigenvalue weighted by Gasteiger charge is -2.15. The number of allylic oxidation sites excluding steroid dienone is 2. The molecule has 0 fully saturated rings. The van der Waals surface area contributed by atoms with E-state index in [2.05, 4.69) is 6.58 Å². The fourth-order valence-corrected chi connectivity index (χ4v) is 0.828. The maximum absolute atomic E-state index is 12.0. The second kappa shape index (κ2) is 2.79. The lowest BCUT2D eigenvalue weighted by atomic mass is 10.0. The fourth-order valence-electron chi connectivity index (χ4n) is 0.828. The predicted octanol–water partition coefficient (Wildman–Crippen LogP) is 1.96. The van der Waals surface area contributed by atoms with E-state index < -0.39 is 17.9 Å². The van der Waals surface area contributed by atoms with Gasteiger partial charge in [-0.2, -0.15) is 13.2 Å². The standard InChI is InChI=1S/C8H7F3O/c1-5-4-6(8(9,10)11)2-3-7(5)12/h2-4,7,12H,1H2. The molecule has 1 nitrogen and oxygen atoms in total. The Morgan fingerprint density at radius 2 is 2.00 bits per heavy atom. The van der Waals surface area contributed by atoms with Crippen LogP contribution in [0.25, 0.3) is 0 Å². The molecule has 0 amide bonds. The summed E-state index contributed by atoms with van der Waals surface area (Å²) in [6.45, 7) is 3.28. The van der Waals surface area contributed by atoms with Crippen molar-refractivity contribution < 1.29 is 18.3 Å². The van der Waals surface area contributed by atoms with Crippen LogP contribution in [0.2, 0.25) is 0 Å². The molecule has 0 bridgehead atoms. The molecule has 4 heteroatoms. The highest BCUT2D eigenvalue weighted by molar-refractivity contribution is 5.40. The van der Waals surface area contributed by atoms with Crippen LogP contribution >= 0.6 is 0 Å². The topological polar surface area (TPSA) is 20.2 Å². The summed E-state index contributed by atoms with van der Waals surface area (Å²) in [5, 5.41) is 8.96. The quantitative estimate of drug-likeness (QED) is 0.598. The molecular formula is C8H7F3O. The van der Waals surface area contributed by atoms with E-state index in [1.54, 1.807) is 0 Å². The molecule has 0 saturated heterocycles. The molecule has 0 aromatic heterocycles. The number of alkyl halides is 3. The molecule has 1 N–H and O–H groups in total. The van der Waals surface area contributed by atoms with E-state index in [0.29, 0.717) is 0 Å². The third-order valence-corrected chi connectivity index (χ3v) is 1.51. The van der Waals surface area contributed by atoms with Crippen LogP contribution in [0.5, 0.6) is 0 Å². The predicted molar refractivity (Wildman–Crippen MR) is 38.4 cm³/mol. The summed E-state index contributed by atoms with van der Waals surface area (Å²) in [4.78, 5) is 0. The van der Waals surface area contributed by atoms with Gasteiger partial charge in [-0.1, -0.05) is 18.7 Å². The summed E-state index contributed by atoms with van der Waals surface area (Å²) in [6, 6.07) is 0. The maximum atomic E-state index is 12.0. The summed E-state index contributed by atoms with van der Waals surface area (Å²) in [7, 11) is 0. The van der Waals surface area contributed by atoms with Crippen molar-refractivity contribution in [2.75, 3.05) is 0 Å². The van der Waals surface area contributed by atoms with Crippen molar-refractivity contribution in [3.05, 3.63) is 36.0 Å². The number of hydrogen-bond donors (Lipinski definition) is 1. The Kier molecular flexibility index (Phi) is 2.10. The second-order valence-electron chi connectivity index (χ2n) is 2.48. The first kappa shape index (κ1) is 9.06. The summed E-state index contributed by atoms with van der Waals surface area (Å²) >= 11 is 0. The molecule has 0 aliphatic heterocycles. The van der Waals surface area contributed by atoms with Crippen LogP contribution in [-0.2, 0) is 0 Å². The molecule has 1 atom stereocenters. The van der Waals surface area contributed by atoms with Crippen molar-refractivity contribution in [3.8, 4) is 0 Å². The van der Waals surface area contributed by atoms with Crippen LogP contribution < -0.4 is 0 Å². The van der Waals surface area contributed by atoms with Crippen molar-refractivity contribution in [1.29, 1.82) is 0 Å². The number of halogens is 3. The molecule has 1 rings (SSSR count). The lowest BCUT2D eigenvalue weighted by molar-refractivity contribution is -0.0885. The van der Waals surface area contributed by atoms with Crippen LogP contribution in [0.3, 0.4) is 0 Å². The minimum absolute atomic E-state index is 0.0600. The molecule has 66 valence electrons. The van der Waals surface area contributed by atoms with E-state index in [4.69, 9.17) is 5.11 Å². The van der Waals surface area contributed by atoms with Gasteiger partial charge in [0.05, 0.1) is 11.7 Å². The first-order valence-electron chi connectivity index (χ1n) is 3.25.